The maximum absolute atomic E-state index is 12.1. The fraction of sp³-hybridized carbons (Fsp3) is 0.312. The van der Waals surface area contributed by atoms with Crippen LogP contribution in [0, 0.1) is 24.0 Å². The van der Waals surface area contributed by atoms with Crippen molar-refractivity contribution in [2.24, 2.45) is 0 Å². The summed E-state index contributed by atoms with van der Waals surface area (Å²) < 4.78 is 5.27. The third-order valence-corrected chi connectivity index (χ3v) is 3.73. The summed E-state index contributed by atoms with van der Waals surface area (Å²) in [5.41, 5.74) is 1.83. The number of quaternary nitrogens is 1. The van der Waals surface area contributed by atoms with Gasteiger partial charge in [0, 0.05) is 6.07 Å². The Morgan fingerprint density at radius 3 is 2.70 bits per heavy atom. The molecule has 0 saturated carbocycles. The van der Waals surface area contributed by atoms with E-state index in [1.165, 1.54) is 6.07 Å². The number of hydrogen-bond acceptors (Lipinski definition) is 4. The summed E-state index contributed by atoms with van der Waals surface area (Å²) in [4.78, 5) is 22.7. The Morgan fingerprint density at radius 1 is 1.39 bits per heavy atom. The van der Waals surface area contributed by atoms with Crippen LogP contribution in [-0.2, 0) is 4.79 Å². The van der Waals surface area contributed by atoms with Crippen LogP contribution in [0.15, 0.2) is 34.9 Å². The number of hydrogen-bond donors (Lipinski definition) is 2. The lowest BCUT2D eigenvalue weighted by molar-refractivity contribution is -0.684. The highest BCUT2D eigenvalue weighted by molar-refractivity contribution is 5.93. The molecule has 0 aliphatic heterocycles. The minimum absolute atomic E-state index is 0.00881. The molecule has 0 spiro atoms. The number of carbonyl (C=O) groups is 1. The van der Waals surface area contributed by atoms with E-state index in [0.29, 0.717) is 0 Å². The molecule has 23 heavy (non-hydrogen) atoms. The summed E-state index contributed by atoms with van der Waals surface area (Å²) in [5.74, 6) is 0.477. The number of furan rings is 1. The second-order valence-electron chi connectivity index (χ2n) is 5.50. The zero-order valence-electron chi connectivity index (χ0n) is 13.3. The zero-order chi connectivity index (χ0) is 17.0. The van der Waals surface area contributed by atoms with Crippen molar-refractivity contribution < 1.29 is 19.5 Å². The van der Waals surface area contributed by atoms with Crippen LogP contribution in [0.5, 0.6) is 0 Å². The first-order valence-electron chi connectivity index (χ1n) is 7.30. The molecule has 0 radical (unpaired) electrons. The predicted molar refractivity (Wildman–Crippen MR) is 85.1 cm³/mol. The summed E-state index contributed by atoms with van der Waals surface area (Å²) in [5, 5.41) is 15.5. The number of nitrogens with one attached hydrogen (secondary N) is 1. The van der Waals surface area contributed by atoms with E-state index in [-0.39, 0.29) is 29.9 Å². The molecular formula is C16H20N3O4+. The number of nitro groups is 1. The number of nitro benzene ring substituents is 1. The Morgan fingerprint density at radius 2 is 2.09 bits per heavy atom. The van der Waals surface area contributed by atoms with Gasteiger partial charge in [0.2, 0.25) is 0 Å². The molecule has 0 saturated heterocycles. The van der Waals surface area contributed by atoms with Crippen molar-refractivity contribution in [3.63, 3.8) is 0 Å². The number of carbonyl (C=O) groups excluding carboxylic acids is 1. The zero-order valence-corrected chi connectivity index (χ0v) is 13.3. The number of nitrogens with two attached hydrogens (primary N) is 1. The first kappa shape index (κ1) is 16.7. The molecule has 0 bridgehead atoms. The Labute approximate surface area is 133 Å². The van der Waals surface area contributed by atoms with E-state index in [2.05, 4.69) is 5.32 Å². The summed E-state index contributed by atoms with van der Waals surface area (Å²) in [6, 6.07) is 6.72. The van der Waals surface area contributed by atoms with E-state index in [4.69, 9.17) is 4.42 Å². The van der Waals surface area contributed by atoms with E-state index >= 15 is 0 Å². The molecule has 1 atom stereocenters. The van der Waals surface area contributed by atoms with E-state index in [9.17, 15) is 14.9 Å². The third kappa shape index (κ3) is 4.17. The lowest BCUT2D eigenvalue weighted by atomic mass is 10.1. The number of amides is 1. The highest BCUT2D eigenvalue weighted by Gasteiger charge is 2.19. The highest BCUT2D eigenvalue weighted by Crippen LogP contribution is 2.27. The number of aryl methyl sites for hydroxylation is 2. The minimum atomic E-state index is -0.489. The van der Waals surface area contributed by atoms with Crippen LogP contribution in [0.1, 0.15) is 29.9 Å². The standard InChI is InChI=1S/C16H19N3O4/c1-10-7-13(14(19(21)22)8-11(10)2)18-16(20)9-17-12(3)15-5-4-6-23-15/h4-8,12,17H,9H2,1-3H3,(H,18,20)/p+1/t12-/m0/s1. The second-order valence-corrected chi connectivity index (χ2v) is 5.50. The lowest BCUT2D eigenvalue weighted by Gasteiger charge is -2.10. The molecule has 1 amide bonds. The van der Waals surface area contributed by atoms with E-state index in [1.54, 1.807) is 30.6 Å². The fourth-order valence-electron chi connectivity index (χ4n) is 2.20. The largest absolute Gasteiger partial charge is 0.463 e. The predicted octanol–water partition coefficient (Wildman–Crippen LogP) is 2.07. The average molecular weight is 318 g/mol. The van der Waals surface area contributed by atoms with Crippen LogP contribution < -0.4 is 10.6 Å². The van der Waals surface area contributed by atoms with Crippen molar-refractivity contribution in [2.45, 2.75) is 26.8 Å². The van der Waals surface area contributed by atoms with Gasteiger partial charge >= 0.3 is 0 Å². The average Bonchev–Trinajstić information content (AvgIpc) is 3.02. The van der Waals surface area contributed by atoms with Gasteiger partial charge < -0.3 is 15.1 Å². The normalized spacial score (nSPS) is 12.0. The topological polar surface area (TPSA) is 102 Å². The lowest BCUT2D eigenvalue weighted by Crippen LogP contribution is -2.86. The second kappa shape index (κ2) is 7.06. The molecule has 3 N–H and O–H groups in total. The summed E-state index contributed by atoms with van der Waals surface area (Å²) >= 11 is 0. The minimum Gasteiger partial charge on any atom is -0.463 e. The Bertz CT molecular complexity index is 710. The van der Waals surface area contributed by atoms with Crippen molar-refractivity contribution in [1.82, 2.24) is 0 Å². The monoisotopic (exact) mass is 318 g/mol. The molecule has 0 aliphatic carbocycles. The molecule has 0 aliphatic rings. The number of nitrogens with zero attached hydrogens (tertiary/aromatic N) is 1. The molecule has 1 aromatic heterocycles. The molecule has 1 heterocycles. The molecule has 2 rings (SSSR count). The van der Waals surface area contributed by atoms with Gasteiger partial charge in [-0.3, -0.25) is 14.9 Å². The summed E-state index contributed by atoms with van der Waals surface area (Å²) in [7, 11) is 0. The van der Waals surface area contributed by atoms with E-state index < -0.39 is 4.92 Å². The first-order chi connectivity index (χ1) is 10.9. The quantitative estimate of drug-likeness (QED) is 0.628. The van der Waals surface area contributed by atoms with Gasteiger partial charge in [-0.15, -0.1) is 0 Å². The van der Waals surface area contributed by atoms with Crippen LogP contribution in [0.25, 0.3) is 0 Å². The van der Waals surface area contributed by atoms with Gasteiger partial charge in [0.05, 0.1) is 11.2 Å². The van der Waals surface area contributed by atoms with Crippen LogP contribution in [0.2, 0.25) is 0 Å². The smallest absolute Gasteiger partial charge is 0.293 e. The van der Waals surface area contributed by atoms with Gasteiger partial charge in [-0.1, -0.05) is 0 Å². The Kier molecular flexibility index (Phi) is 5.13. The van der Waals surface area contributed by atoms with Crippen molar-refractivity contribution in [3.05, 3.63) is 57.5 Å². The number of benzene rings is 1. The van der Waals surface area contributed by atoms with Crippen molar-refractivity contribution in [2.75, 3.05) is 11.9 Å². The van der Waals surface area contributed by atoms with E-state index in [1.807, 2.05) is 19.9 Å². The molecule has 7 nitrogen and oxygen atoms in total. The van der Waals surface area contributed by atoms with Crippen LogP contribution in [0.3, 0.4) is 0 Å². The molecule has 1 aromatic carbocycles. The third-order valence-electron chi connectivity index (χ3n) is 3.73. The maximum Gasteiger partial charge on any atom is 0.293 e. The number of rotatable bonds is 6. The van der Waals surface area contributed by atoms with Gasteiger partial charge in [0.1, 0.15) is 11.7 Å². The van der Waals surface area contributed by atoms with Crippen LogP contribution >= 0.6 is 0 Å². The molecule has 0 unspecified atom stereocenters. The SMILES string of the molecule is Cc1cc(NC(=O)C[NH2+][C@@H](C)c2ccco2)c([N+](=O)[O-])cc1C. The van der Waals surface area contributed by atoms with Gasteiger partial charge in [-0.05, 0) is 50.1 Å². The van der Waals surface area contributed by atoms with Crippen molar-refractivity contribution >= 4 is 17.3 Å². The van der Waals surface area contributed by atoms with Gasteiger partial charge in [0.25, 0.3) is 11.6 Å². The molecular weight excluding hydrogens is 298 g/mol. The van der Waals surface area contributed by atoms with Crippen molar-refractivity contribution in [1.29, 1.82) is 0 Å². The summed E-state index contributed by atoms with van der Waals surface area (Å²) in [6.07, 6.45) is 1.58. The Hall–Kier alpha value is -2.67. The van der Waals surface area contributed by atoms with Crippen LogP contribution in [0.4, 0.5) is 11.4 Å². The number of anilines is 1. The molecule has 7 heteroatoms. The van der Waals surface area contributed by atoms with Gasteiger partial charge in [-0.25, -0.2) is 0 Å². The van der Waals surface area contributed by atoms with Gasteiger partial charge in [0.15, 0.2) is 12.3 Å². The fourth-order valence-corrected chi connectivity index (χ4v) is 2.20. The molecule has 0 fully saturated rings. The summed E-state index contributed by atoms with van der Waals surface area (Å²) in [6.45, 7) is 5.71. The van der Waals surface area contributed by atoms with Crippen molar-refractivity contribution in [3.8, 4) is 0 Å². The Balaban J connectivity index is 2.02. The molecule has 2 aromatic rings. The first-order valence-corrected chi connectivity index (χ1v) is 7.30. The van der Waals surface area contributed by atoms with Crippen LogP contribution in [-0.4, -0.2) is 17.4 Å². The van der Waals surface area contributed by atoms with E-state index in [0.717, 1.165) is 16.9 Å². The van der Waals surface area contributed by atoms with Gasteiger partial charge in [-0.2, -0.15) is 0 Å². The maximum atomic E-state index is 12.1. The highest BCUT2D eigenvalue weighted by atomic mass is 16.6. The molecule has 122 valence electrons.